The molecule has 0 aromatic heterocycles. The first-order valence-electron chi connectivity index (χ1n) is 9.30. The van der Waals surface area contributed by atoms with Gasteiger partial charge in [0.15, 0.2) is 6.10 Å². The van der Waals surface area contributed by atoms with E-state index in [1.807, 2.05) is 24.3 Å². The van der Waals surface area contributed by atoms with E-state index in [0.717, 1.165) is 30.1 Å². The third-order valence-corrected chi connectivity index (χ3v) is 5.33. The van der Waals surface area contributed by atoms with Crippen molar-refractivity contribution < 1.29 is 9.53 Å². The van der Waals surface area contributed by atoms with Gasteiger partial charge < -0.3 is 15.0 Å². The molecule has 5 heteroatoms. The van der Waals surface area contributed by atoms with E-state index in [1.165, 1.54) is 31.4 Å². The highest BCUT2D eigenvalue weighted by atomic mass is 35.5. The van der Waals surface area contributed by atoms with Crippen LogP contribution in [-0.4, -0.2) is 25.1 Å². The van der Waals surface area contributed by atoms with Gasteiger partial charge in [-0.2, -0.15) is 0 Å². The number of nitrogens with zero attached hydrogens (tertiary/aromatic N) is 1. The molecule has 1 amide bonds. The Bertz CT molecular complexity index is 783. The van der Waals surface area contributed by atoms with Crippen LogP contribution in [0.15, 0.2) is 42.5 Å². The van der Waals surface area contributed by atoms with Gasteiger partial charge in [-0.05, 0) is 60.9 Å². The number of amides is 1. The highest BCUT2D eigenvalue weighted by Gasteiger charge is 2.29. The monoisotopic (exact) mass is 370 g/mol. The number of benzene rings is 2. The molecule has 2 heterocycles. The van der Waals surface area contributed by atoms with Crippen molar-refractivity contribution in [2.45, 2.75) is 38.2 Å². The van der Waals surface area contributed by atoms with E-state index in [1.54, 1.807) is 6.07 Å². The lowest BCUT2D eigenvalue weighted by molar-refractivity contribution is -0.122. The fraction of sp³-hybridized carbons (Fsp3) is 0.381. The minimum atomic E-state index is -0.506. The zero-order valence-corrected chi connectivity index (χ0v) is 15.5. The number of halogens is 1. The topological polar surface area (TPSA) is 41.6 Å². The summed E-state index contributed by atoms with van der Waals surface area (Å²) in [6.07, 6.45) is 5.19. The first-order chi connectivity index (χ1) is 12.7. The Morgan fingerprint density at radius 3 is 2.50 bits per heavy atom. The van der Waals surface area contributed by atoms with Gasteiger partial charge >= 0.3 is 0 Å². The lowest BCUT2D eigenvalue weighted by atomic mass is 10.1. The van der Waals surface area contributed by atoms with Gasteiger partial charge in [0.05, 0.1) is 0 Å². The molecule has 0 bridgehead atoms. The van der Waals surface area contributed by atoms with Crippen LogP contribution in [0.2, 0.25) is 5.02 Å². The van der Waals surface area contributed by atoms with Gasteiger partial charge in [-0.3, -0.25) is 4.79 Å². The molecule has 0 aliphatic carbocycles. The van der Waals surface area contributed by atoms with Crippen LogP contribution < -0.4 is 15.0 Å². The molecular weight excluding hydrogens is 348 g/mol. The van der Waals surface area contributed by atoms with Gasteiger partial charge in [0.25, 0.3) is 5.91 Å². The Labute approximate surface area is 159 Å². The minimum absolute atomic E-state index is 0.125. The molecule has 136 valence electrons. The Morgan fingerprint density at radius 2 is 1.77 bits per heavy atom. The number of nitrogens with one attached hydrogen (secondary N) is 1. The van der Waals surface area contributed by atoms with Crippen LogP contribution >= 0.6 is 11.6 Å². The van der Waals surface area contributed by atoms with Gasteiger partial charge in [0.1, 0.15) is 5.75 Å². The summed E-state index contributed by atoms with van der Waals surface area (Å²) in [5.41, 5.74) is 3.00. The molecule has 0 spiro atoms. The Balaban J connectivity index is 1.37. The molecule has 1 saturated heterocycles. The number of hydrogen-bond donors (Lipinski definition) is 1. The second kappa shape index (κ2) is 7.58. The highest BCUT2D eigenvalue weighted by Crippen LogP contribution is 2.31. The van der Waals surface area contributed by atoms with Crippen LogP contribution in [0.4, 0.5) is 11.4 Å². The molecule has 1 atom stereocenters. The maximum atomic E-state index is 12.5. The van der Waals surface area contributed by atoms with Crippen molar-refractivity contribution in [3.05, 3.63) is 53.1 Å². The van der Waals surface area contributed by atoms with Gasteiger partial charge in [-0.1, -0.05) is 24.4 Å². The smallest absolute Gasteiger partial charge is 0.265 e. The maximum absolute atomic E-state index is 12.5. The molecule has 1 fully saturated rings. The largest absolute Gasteiger partial charge is 0.480 e. The average molecular weight is 371 g/mol. The minimum Gasteiger partial charge on any atom is -0.480 e. The molecule has 2 aliphatic heterocycles. The van der Waals surface area contributed by atoms with E-state index in [-0.39, 0.29) is 5.91 Å². The molecule has 26 heavy (non-hydrogen) atoms. The number of rotatable bonds is 3. The van der Waals surface area contributed by atoms with Gasteiger partial charge in [0, 0.05) is 35.9 Å². The van der Waals surface area contributed by atoms with Crippen molar-refractivity contribution in [1.29, 1.82) is 0 Å². The van der Waals surface area contributed by atoms with E-state index in [0.29, 0.717) is 11.4 Å². The number of hydrogen-bond acceptors (Lipinski definition) is 3. The Kier molecular flexibility index (Phi) is 5.02. The number of carbonyl (C=O) groups is 1. The molecule has 2 aromatic carbocycles. The zero-order valence-electron chi connectivity index (χ0n) is 14.7. The molecule has 2 aliphatic rings. The zero-order chi connectivity index (χ0) is 17.9. The van der Waals surface area contributed by atoms with Crippen LogP contribution in [0.1, 0.15) is 31.2 Å². The van der Waals surface area contributed by atoms with Gasteiger partial charge in [0.2, 0.25) is 0 Å². The predicted octanol–water partition coefficient (Wildman–Crippen LogP) is 4.66. The van der Waals surface area contributed by atoms with E-state index in [2.05, 4.69) is 22.3 Å². The molecule has 4 nitrogen and oxygen atoms in total. The van der Waals surface area contributed by atoms with Crippen LogP contribution in [0.25, 0.3) is 0 Å². The highest BCUT2D eigenvalue weighted by molar-refractivity contribution is 6.30. The summed E-state index contributed by atoms with van der Waals surface area (Å²) in [6.45, 7) is 2.23. The lowest BCUT2D eigenvalue weighted by Gasteiger charge is -2.23. The van der Waals surface area contributed by atoms with Crippen molar-refractivity contribution in [1.82, 2.24) is 0 Å². The summed E-state index contributed by atoms with van der Waals surface area (Å²) >= 11 is 6.01. The van der Waals surface area contributed by atoms with E-state index in [4.69, 9.17) is 16.3 Å². The molecule has 0 saturated carbocycles. The summed E-state index contributed by atoms with van der Waals surface area (Å²) in [5, 5.41) is 3.62. The summed E-state index contributed by atoms with van der Waals surface area (Å²) in [6, 6.07) is 13.6. The van der Waals surface area contributed by atoms with Crippen molar-refractivity contribution in [2.75, 3.05) is 23.3 Å². The second-order valence-electron chi connectivity index (χ2n) is 7.00. The Morgan fingerprint density at radius 1 is 1.04 bits per heavy atom. The first kappa shape index (κ1) is 17.2. The average Bonchev–Trinajstić information content (AvgIpc) is 2.87. The van der Waals surface area contributed by atoms with Crippen LogP contribution in [0.3, 0.4) is 0 Å². The predicted molar refractivity (Wildman–Crippen MR) is 105 cm³/mol. The van der Waals surface area contributed by atoms with Crippen LogP contribution in [-0.2, 0) is 11.2 Å². The number of carbonyl (C=O) groups excluding carboxylic acids is 1. The third kappa shape index (κ3) is 3.80. The third-order valence-electron chi connectivity index (χ3n) is 5.10. The summed E-state index contributed by atoms with van der Waals surface area (Å²) in [4.78, 5) is 15.0. The van der Waals surface area contributed by atoms with Crippen molar-refractivity contribution in [3.8, 4) is 5.75 Å². The van der Waals surface area contributed by atoms with E-state index < -0.39 is 6.10 Å². The molecule has 4 rings (SSSR count). The fourth-order valence-electron chi connectivity index (χ4n) is 3.67. The number of fused-ring (bicyclic) bond motifs is 1. The first-order valence-corrected chi connectivity index (χ1v) is 9.68. The van der Waals surface area contributed by atoms with E-state index in [9.17, 15) is 4.79 Å². The summed E-state index contributed by atoms with van der Waals surface area (Å²) in [7, 11) is 0. The molecule has 2 aromatic rings. The quantitative estimate of drug-likeness (QED) is 0.854. The lowest BCUT2D eigenvalue weighted by Crippen LogP contribution is -2.31. The second-order valence-corrected chi connectivity index (χ2v) is 7.44. The van der Waals surface area contributed by atoms with Gasteiger partial charge in [-0.15, -0.1) is 0 Å². The number of ether oxygens (including phenoxy) is 1. The number of anilines is 2. The standard InChI is InChI=1S/C21H23ClN2O2/c22-16-5-10-19-15(13-16)14-20(26-19)21(25)23-17-6-8-18(9-7-17)24-11-3-1-2-4-12-24/h5-10,13,20H,1-4,11-12,14H2,(H,23,25). The van der Waals surface area contributed by atoms with E-state index >= 15 is 0 Å². The normalized spacial score (nSPS) is 19.4. The van der Waals surface area contributed by atoms with Gasteiger partial charge in [-0.25, -0.2) is 0 Å². The van der Waals surface area contributed by atoms with Crippen molar-refractivity contribution in [2.24, 2.45) is 0 Å². The Hall–Kier alpha value is -2.20. The summed E-state index contributed by atoms with van der Waals surface area (Å²) < 4.78 is 5.75. The molecule has 1 unspecified atom stereocenters. The fourth-order valence-corrected chi connectivity index (χ4v) is 3.87. The van der Waals surface area contributed by atoms with Crippen molar-refractivity contribution in [3.63, 3.8) is 0 Å². The van der Waals surface area contributed by atoms with Crippen LogP contribution in [0.5, 0.6) is 5.75 Å². The SMILES string of the molecule is O=C(Nc1ccc(N2CCCCCC2)cc1)C1Cc2cc(Cl)ccc2O1. The van der Waals surface area contributed by atoms with Crippen LogP contribution in [0, 0.1) is 0 Å². The molecule has 1 N–H and O–H groups in total. The molecule has 0 radical (unpaired) electrons. The van der Waals surface area contributed by atoms with Crippen molar-refractivity contribution >= 4 is 28.9 Å². The summed E-state index contributed by atoms with van der Waals surface area (Å²) in [5.74, 6) is 0.617. The molecular formula is C21H23ClN2O2. The maximum Gasteiger partial charge on any atom is 0.265 e.